The van der Waals surface area contributed by atoms with Crippen molar-refractivity contribution in [1.82, 2.24) is 0 Å². The highest BCUT2D eigenvalue weighted by Gasteiger charge is 2.30. The van der Waals surface area contributed by atoms with Crippen LogP contribution in [0, 0.1) is 0 Å². The summed E-state index contributed by atoms with van der Waals surface area (Å²) in [6.07, 6.45) is -0.609. The highest BCUT2D eigenvalue weighted by Crippen LogP contribution is 2.31. The number of hydrogen-bond acceptors (Lipinski definition) is 2. The van der Waals surface area contributed by atoms with E-state index < -0.39 is 17.7 Å². The maximum absolute atomic E-state index is 12.7. The minimum atomic E-state index is -4.41. The Bertz CT molecular complexity index is 773. The number of benzene rings is 2. The maximum Gasteiger partial charge on any atom is 0.416 e. The van der Waals surface area contributed by atoms with Crippen LogP contribution >= 0.6 is 0 Å². The summed E-state index contributed by atoms with van der Waals surface area (Å²) in [5.74, 6) is -1.12. The lowest BCUT2D eigenvalue weighted by atomic mass is 9.96. The standard InChI is InChI=1S/C18H14F3NO2/c19-18(20,21)14-8-4-12(5-9-14)16(2-1-3-17(23)24)13-6-10-15(22)11-7-13/h1-11H,22H2,(H,23,24). The van der Waals surface area contributed by atoms with Crippen LogP contribution in [-0.4, -0.2) is 11.1 Å². The lowest BCUT2D eigenvalue weighted by Gasteiger charge is -2.11. The third-order valence-electron chi connectivity index (χ3n) is 3.25. The molecule has 6 heteroatoms. The van der Waals surface area contributed by atoms with E-state index in [9.17, 15) is 18.0 Å². The molecule has 0 aliphatic carbocycles. The second-order valence-corrected chi connectivity index (χ2v) is 4.97. The van der Waals surface area contributed by atoms with Crippen LogP contribution in [0.15, 0.2) is 66.8 Å². The van der Waals surface area contributed by atoms with Crippen molar-refractivity contribution in [3.8, 4) is 0 Å². The van der Waals surface area contributed by atoms with Gasteiger partial charge in [0, 0.05) is 11.8 Å². The van der Waals surface area contributed by atoms with Gasteiger partial charge in [-0.15, -0.1) is 0 Å². The van der Waals surface area contributed by atoms with Gasteiger partial charge in [0.25, 0.3) is 0 Å². The number of allylic oxidation sites excluding steroid dienone is 2. The van der Waals surface area contributed by atoms with Crippen LogP contribution < -0.4 is 5.73 Å². The molecule has 0 aliphatic rings. The third-order valence-corrected chi connectivity index (χ3v) is 3.25. The van der Waals surface area contributed by atoms with Gasteiger partial charge in [0.05, 0.1) is 5.56 Å². The number of carboxylic acid groups (broad SMARTS) is 1. The van der Waals surface area contributed by atoms with Crippen molar-refractivity contribution in [2.75, 3.05) is 5.73 Å². The Hall–Kier alpha value is -3.02. The summed E-state index contributed by atoms with van der Waals surface area (Å²) in [5.41, 5.74) is 7.26. The summed E-state index contributed by atoms with van der Waals surface area (Å²) >= 11 is 0. The number of alkyl halides is 3. The van der Waals surface area contributed by atoms with Crippen molar-refractivity contribution in [3.05, 3.63) is 83.4 Å². The van der Waals surface area contributed by atoms with E-state index in [1.165, 1.54) is 24.3 Å². The summed E-state index contributed by atoms with van der Waals surface area (Å²) in [4.78, 5) is 10.6. The Balaban J connectivity index is 2.46. The molecule has 2 aromatic rings. The second-order valence-electron chi connectivity index (χ2n) is 4.97. The van der Waals surface area contributed by atoms with E-state index in [2.05, 4.69) is 0 Å². The van der Waals surface area contributed by atoms with Crippen molar-refractivity contribution in [3.63, 3.8) is 0 Å². The first-order valence-corrected chi connectivity index (χ1v) is 6.92. The fraction of sp³-hybridized carbons (Fsp3) is 0.0556. The SMILES string of the molecule is Nc1ccc(C(=CC=CC(=O)O)c2ccc(C(F)(F)F)cc2)cc1. The molecule has 0 radical (unpaired) electrons. The number of carbonyl (C=O) groups is 1. The monoisotopic (exact) mass is 333 g/mol. The molecule has 0 bridgehead atoms. The van der Waals surface area contributed by atoms with Crippen molar-refractivity contribution >= 4 is 17.2 Å². The van der Waals surface area contributed by atoms with Gasteiger partial charge in [-0.1, -0.05) is 36.4 Å². The molecular weight excluding hydrogens is 319 g/mol. The molecule has 0 spiro atoms. The number of nitrogen functional groups attached to an aromatic ring is 1. The molecule has 0 saturated heterocycles. The minimum absolute atomic E-state index is 0.530. The van der Waals surface area contributed by atoms with E-state index in [4.69, 9.17) is 10.8 Å². The number of aliphatic carboxylic acids is 1. The van der Waals surface area contributed by atoms with E-state index in [1.807, 2.05) is 0 Å². The van der Waals surface area contributed by atoms with Gasteiger partial charge in [-0.05, 0) is 41.0 Å². The van der Waals surface area contributed by atoms with Gasteiger partial charge in [0.2, 0.25) is 0 Å². The molecule has 0 aromatic heterocycles. The summed E-state index contributed by atoms with van der Waals surface area (Å²) in [6, 6.07) is 11.4. The molecule has 0 unspecified atom stereocenters. The molecule has 2 rings (SSSR count). The highest BCUT2D eigenvalue weighted by atomic mass is 19.4. The van der Waals surface area contributed by atoms with Crippen LogP contribution in [0.4, 0.5) is 18.9 Å². The lowest BCUT2D eigenvalue weighted by molar-refractivity contribution is -0.137. The minimum Gasteiger partial charge on any atom is -0.478 e. The van der Waals surface area contributed by atoms with Gasteiger partial charge in [-0.25, -0.2) is 4.79 Å². The zero-order valence-corrected chi connectivity index (χ0v) is 12.4. The highest BCUT2D eigenvalue weighted by molar-refractivity contribution is 5.84. The van der Waals surface area contributed by atoms with Crippen molar-refractivity contribution < 1.29 is 23.1 Å². The van der Waals surface area contributed by atoms with Gasteiger partial charge < -0.3 is 10.8 Å². The van der Waals surface area contributed by atoms with Crippen molar-refractivity contribution in [2.24, 2.45) is 0 Å². The van der Waals surface area contributed by atoms with E-state index in [1.54, 1.807) is 24.3 Å². The molecule has 0 amide bonds. The molecule has 24 heavy (non-hydrogen) atoms. The number of halogens is 3. The Kier molecular flexibility index (Phi) is 5.08. The molecule has 0 fully saturated rings. The molecule has 0 saturated carbocycles. The summed E-state index contributed by atoms with van der Waals surface area (Å²) in [7, 11) is 0. The van der Waals surface area contributed by atoms with E-state index in [0.29, 0.717) is 22.4 Å². The molecule has 2 aromatic carbocycles. The molecular formula is C18H14F3NO2. The summed E-state index contributed by atoms with van der Waals surface area (Å²) < 4.78 is 38.0. The van der Waals surface area contributed by atoms with Crippen LogP contribution in [0.3, 0.4) is 0 Å². The van der Waals surface area contributed by atoms with Crippen LogP contribution in [0.25, 0.3) is 5.57 Å². The van der Waals surface area contributed by atoms with Gasteiger partial charge in [-0.3, -0.25) is 0 Å². The zero-order valence-electron chi connectivity index (χ0n) is 12.4. The Labute approximate surface area is 136 Å². The quantitative estimate of drug-likeness (QED) is 0.496. The first kappa shape index (κ1) is 17.3. The molecule has 3 nitrogen and oxygen atoms in total. The predicted molar refractivity (Wildman–Crippen MR) is 86.2 cm³/mol. The lowest BCUT2D eigenvalue weighted by Crippen LogP contribution is -2.04. The Morgan fingerprint density at radius 3 is 1.92 bits per heavy atom. The number of nitrogens with two attached hydrogens (primary N) is 1. The van der Waals surface area contributed by atoms with E-state index in [-0.39, 0.29) is 0 Å². The van der Waals surface area contributed by atoms with Crippen LogP contribution in [0.2, 0.25) is 0 Å². The van der Waals surface area contributed by atoms with E-state index >= 15 is 0 Å². The molecule has 124 valence electrons. The van der Waals surface area contributed by atoms with E-state index in [0.717, 1.165) is 18.2 Å². The first-order chi connectivity index (χ1) is 11.3. The normalized spacial score (nSPS) is 12.5. The fourth-order valence-corrected chi connectivity index (χ4v) is 2.09. The van der Waals surface area contributed by atoms with Crippen LogP contribution in [0.1, 0.15) is 16.7 Å². The Morgan fingerprint density at radius 2 is 1.46 bits per heavy atom. The number of anilines is 1. The van der Waals surface area contributed by atoms with Gasteiger partial charge >= 0.3 is 12.1 Å². The smallest absolute Gasteiger partial charge is 0.416 e. The summed E-state index contributed by atoms with van der Waals surface area (Å²) in [5, 5.41) is 8.67. The zero-order chi connectivity index (χ0) is 17.7. The average molecular weight is 333 g/mol. The topological polar surface area (TPSA) is 63.3 Å². The molecule has 3 N–H and O–H groups in total. The third kappa shape index (κ3) is 4.49. The van der Waals surface area contributed by atoms with Crippen molar-refractivity contribution in [2.45, 2.75) is 6.18 Å². The number of hydrogen-bond donors (Lipinski definition) is 2. The average Bonchev–Trinajstić information content (AvgIpc) is 2.52. The second kappa shape index (κ2) is 7.04. The molecule has 0 atom stereocenters. The first-order valence-electron chi connectivity index (χ1n) is 6.92. The molecule has 0 heterocycles. The van der Waals surface area contributed by atoms with Crippen LogP contribution in [-0.2, 0) is 11.0 Å². The number of carboxylic acids is 1. The molecule has 0 aliphatic heterocycles. The number of rotatable bonds is 4. The predicted octanol–water partition coefficient (Wildman–Crippen LogP) is 4.36. The van der Waals surface area contributed by atoms with Gasteiger partial charge in [-0.2, -0.15) is 13.2 Å². The Morgan fingerprint density at radius 1 is 0.958 bits per heavy atom. The van der Waals surface area contributed by atoms with Gasteiger partial charge in [0.1, 0.15) is 0 Å². The maximum atomic E-state index is 12.7. The summed E-state index contributed by atoms with van der Waals surface area (Å²) in [6.45, 7) is 0. The van der Waals surface area contributed by atoms with Crippen LogP contribution in [0.5, 0.6) is 0 Å². The van der Waals surface area contributed by atoms with Gasteiger partial charge in [0.15, 0.2) is 0 Å². The van der Waals surface area contributed by atoms with Crippen molar-refractivity contribution in [1.29, 1.82) is 0 Å². The largest absolute Gasteiger partial charge is 0.478 e. The fourth-order valence-electron chi connectivity index (χ4n) is 2.09.